The van der Waals surface area contributed by atoms with E-state index in [2.05, 4.69) is 64.6 Å². The van der Waals surface area contributed by atoms with Gasteiger partial charge in [-0.05, 0) is 57.2 Å². The van der Waals surface area contributed by atoms with Crippen LogP contribution in [0, 0.1) is 10.8 Å². The van der Waals surface area contributed by atoms with Gasteiger partial charge in [-0.25, -0.2) is 9.97 Å². The minimum Gasteiger partial charge on any atom is -0.342 e. The van der Waals surface area contributed by atoms with Crippen LogP contribution in [0.3, 0.4) is 0 Å². The molecule has 1 saturated heterocycles. The summed E-state index contributed by atoms with van der Waals surface area (Å²) in [6.07, 6.45) is 6.64. The highest BCUT2D eigenvalue weighted by Crippen LogP contribution is 2.52. The van der Waals surface area contributed by atoms with Crippen molar-refractivity contribution >= 4 is 29.2 Å². The lowest BCUT2D eigenvalue weighted by Gasteiger charge is -2.49. The molecule has 4 rings (SSSR count). The average Bonchev–Trinajstić information content (AvgIpc) is 3.13. The number of halogens is 1. The molecule has 0 bridgehead atoms. The van der Waals surface area contributed by atoms with Crippen LogP contribution in [-0.2, 0) is 15.1 Å². The van der Waals surface area contributed by atoms with Gasteiger partial charge in [-0.1, -0.05) is 55.8 Å². The Bertz CT molecular complexity index is 1060. The molecule has 2 aliphatic rings. The van der Waals surface area contributed by atoms with Crippen molar-refractivity contribution in [3.05, 3.63) is 53.4 Å². The zero-order chi connectivity index (χ0) is 25.3. The van der Waals surface area contributed by atoms with E-state index in [0.29, 0.717) is 25.2 Å². The van der Waals surface area contributed by atoms with Gasteiger partial charge in [0.2, 0.25) is 11.8 Å². The molecule has 2 fully saturated rings. The molecule has 1 N–H and O–H groups in total. The van der Waals surface area contributed by atoms with Crippen molar-refractivity contribution in [3.63, 3.8) is 0 Å². The van der Waals surface area contributed by atoms with Gasteiger partial charge in [0.25, 0.3) is 0 Å². The molecular weight excluding hydrogens is 462 g/mol. The Labute approximate surface area is 213 Å². The number of hydrogen-bond donors (Lipinski definition) is 1. The van der Waals surface area contributed by atoms with Crippen LogP contribution < -0.4 is 5.32 Å². The molecule has 1 spiro atoms. The minimum absolute atomic E-state index is 0.0208. The van der Waals surface area contributed by atoms with E-state index >= 15 is 0 Å². The van der Waals surface area contributed by atoms with Gasteiger partial charge in [-0.15, -0.1) is 0 Å². The van der Waals surface area contributed by atoms with E-state index in [1.807, 2.05) is 18.7 Å². The molecule has 2 amide bonds. The first-order valence-corrected chi connectivity index (χ1v) is 12.7. The lowest BCUT2D eigenvalue weighted by molar-refractivity contribution is -0.130. The van der Waals surface area contributed by atoms with Crippen LogP contribution in [0.2, 0.25) is 5.15 Å². The first kappa shape index (κ1) is 25.6. The van der Waals surface area contributed by atoms with Gasteiger partial charge in [0.05, 0.1) is 0 Å². The molecule has 2 heterocycles. The molecule has 8 heteroatoms. The van der Waals surface area contributed by atoms with Crippen LogP contribution in [0.5, 0.6) is 0 Å². The van der Waals surface area contributed by atoms with Crippen molar-refractivity contribution < 1.29 is 9.59 Å². The highest BCUT2D eigenvalue weighted by atomic mass is 35.5. The maximum absolute atomic E-state index is 13.0. The smallest absolute Gasteiger partial charge is 0.231 e. The van der Waals surface area contributed by atoms with E-state index in [-0.39, 0.29) is 27.9 Å². The highest BCUT2D eigenvalue weighted by molar-refractivity contribution is 6.29. The molecule has 1 aromatic heterocycles. The predicted molar refractivity (Wildman–Crippen MR) is 138 cm³/mol. The van der Waals surface area contributed by atoms with Crippen LogP contribution in [0.1, 0.15) is 57.9 Å². The summed E-state index contributed by atoms with van der Waals surface area (Å²) in [5.41, 5.74) is 0.759. The third-order valence-electron chi connectivity index (χ3n) is 8.21. The van der Waals surface area contributed by atoms with Crippen LogP contribution >= 0.6 is 11.6 Å². The number of nitrogens with zero attached hydrogens (tertiary/aromatic N) is 4. The molecule has 0 unspecified atom stereocenters. The summed E-state index contributed by atoms with van der Waals surface area (Å²) < 4.78 is 0. The van der Waals surface area contributed by atoms with Crippen molar-refractivity contribution in [3.8, 4) is 0 Å². The molecule has 0 atom stereocenters. The molecule has 1 saturated carbocycles. The van der Waals surface area contributed by atoms with Crippen LogP contribution in [-0.4, -0.2) is 58.8 Å². The fourth-order valence-electron chi connectivity index (χ4n) is 5.67. The third kappa shape index (κ3) is 5.36. The largest absolute Gasteiger partial charge is 0.342 e. The SMILES string of the molecule is CN(C)[C@]1(c2ccccc2)CC[C@]2(CC1)CC(=O)N(CCC(C)(C)C(=O)Nc1cc(Cl)ncn1)C2. The second-order valence-corrected chi connectivity index (χ2v) is 11.5. The minimum atomic E-state index is -0.659. The lowest BCUT2D eigenvalue weighted by atomic mass is 9.64. The Hall–Kier alpha value is -2.51. The zero-order valence-corrected chi connectivity index (χ0v) is 21.9. The lowest BCUT2D eigenvalue weighted by Crippen LogP contribution is -2.47. The van der Waals surface area contributed by atoms with Gasteiger partial charge in [-0.2, -0.15) is 0 Å². The molecule has 2 aromatic rings. The second-order valence-electron chi connectivity index (χ2n) is 11.1. The first-order valence-electron chi connectivity index (χ1n) is 12.4. The van der Waals surface area contributed by atoms with E-state index in [4.69, 9.17) is 11.6 Å². The number of nitrogens with one attached hydrogen (secondary N) is 1. The number of hydrogen-bond acceptors (Lipinski definition) is 5. The van der Waals surface area contributed by atoms with Crippen LogP contribution in [0.25, 0.3) is 0 Å². The van der Waals surface area contributed by atoms with Gasteiger partial charge in [0, 0.05) is 36.5 Å². The molecule has 1 aliphatic carbocycles. The van der Waals surface area contributed by atoms with Crippen molar-refractivity contribution in [2.75, 3.05) is 32.5 Å². The zero-order valence-electron chi connectivity index (χ0n) is 21.2. The Morgan fingerprint density at radius 3 is 2.46 bits per heavy atom. The fourth-order valence-corrected chi connectivity index (χ4v) is 5.82. The van der Waals surface area contributed by atoms with Crippen molar-refractivity contribution in [2.45, 2.75) is 57.9 Å². The van der Waals surface area contributed by atoms with Crippen molar-refractivity contribution in [2.24, 2.45) is 10.8 Å². The number of carbonyl (C=O) groups is 2. The normalized spacial score (nSPS) is 24.9. The maximum Gasteiger partial charge on any atom is 0.231 e. The Morgan fingerprint density at radius 1 is 1.14 bits per heavy atom. The summed E-state index contributed by atoms with van der Waals surface area (Å²) in [5, 5.41) is 3.10. The van der Waals surface area contributed by atoms with Gasteiger partial charge < -0.3 is 10.2 Å². The predicted octanol–water partition coefficient (Wildman–Crippen LogP) is 4.73. The van der Waals surface area contributed by atoms with E-state index in [9.17, 15) is 9.59 Å². The van der Waals surface area contributed by atoms with Gasteiger partial charge in [-0.3, -0.25) is 14.5 Å². The summed E-state index contributed by atoms with van der Waals surface area (Å²) in [5.74, 6) is 0.440. The molecule has 0 radical (unpaired) electrons. The molecule has 7 nitrogen and oxygen atoms in total. The van der Waals surface area contributed by atoms with E-state index < -0.39 is 5.41 Å². The number of likely N-dealkylation sites (tertiary alicyclic amines) is 1. The first-order chi connectivity index (χ1) is 16.6. The average molecular weight is 498 g/mol. The molecule has 35 heavy (non-hydrogen) atoms. The van der Waals surface area contributed by atoms with Gasteiger partial charge in [0.15, 0.2) is 0 Å². The monoisotopic (exact) mass is 497 g/mol. The van der Waals surface area contributed by atoms with Crippen molar-refractivity contribution in [1.82, 2.24) is 19.8 Å². The van der Waals surface area contributed by atoms with Gasteiger partial charge >= 0.3 is 0 Å². The summed E-state index contributed by atoms with van der Waals surface area (Å²) in [6.45, 7) is 5.15. The molecular formula is C27H36ClN5O2. The number of carbonyl (C=O) groups excluding carboxylic acids is 2. The third-order valence-corrected chi connectivity index (χ3v) is 8.41. The summed E-state index contributed by atoms with van der Waals surface area (Å²) in [6, 6.07) is 12.3. The Balaban J connectivity index is 1.36. The highest BCUT2D eigenvalue weighted by Gasteiger charge is 2.50. The summed E-state index contributed by atoms with van der Waals surface area (Å²) >= 11 is 5.90. The number of amides is 2. The number of benzene rings is 1. The molecule has 1 aliphatic heterocycles. The number of aromatic nitrogens is 2. The molecule has 188 valence electrons. The van der Waals surface area contributed by atoms with E-state index in [0.717, 1.165) is 32.2 Å². The number of anilines is 1. The van der Waals surface area contributed by atoms with E-state index in [1.54, 1.807) is 0 Å². The van der Waals surface area contributed by atoms with Crippen molar-refractivity contribution in [1.29, 1.82) is 0 Å². The summed E-state index contributed by atoms with van der Waals surface area (Å²) in [4.78, 5) is 38.1. The topological polar surface area (TPSA) is 78.4 Å². The van der Waals surface area contributed by atoms with Gasteiger partial charge in [0.1, 0.15) is 17.3 Å². The molecule has 1 aromatic carbocycles. The standard InChI is InChI=1S/C27H36ClN5O2/c1-25(2,24(35)31-22-16-21(28)29-19-30-22)14-15-33-18-26(17-23(33)34)10-12-27(13-11-26,32(3)4)20-8-6-5-7-9-20/h5-9,16,19H,10-15,17-18H2,1-4H3,(H,29,30,31,35)/t26-,27+. The summed E-state index contributed by atoms with van der Waals surface area (Å²) in [7, 11) is 4.33. The second kappa shape index (κ2) is 9.86. The quantitative estimate of drug-likeness (QED) is 0.559. The Kier molecular flexibility index (Phi) is 7.21. The van der Waals surface area contributed by atoms with Crippen LogP contribution in [0.15, 0.2) is 42.7 Å². The maximum atomic E-state index is 13.0. The number of rotatable bonds is 7. The fraction of sp³-hybridized carbons (Fsp3) is 0.556. The Morgan fingerprint density at radius 2 is 1.83 bits per heavy atom. The van der Waals surface area contributed by atoms with E-state index in [1.165, 1.54) is 18.0 Å². The van der Waals surface area contributed by atoms with Crippen LogP contribution in [0.4, 0.5) is 5.82 Å².